The molecule has 2 aromatic carbocycles. The van der Waals surface area contributed by atoms with Crippen molar-refractivity contribution in [3.8, 4) is 28.5 Å². The number of rotatable bonds is 5. The van der Waals surface area contributed by atoms with Gasteiger partial charge in [0.15, 0.2) is 23.1 Å². The molecule has 0 radical (unpaired) electrons. The molecule has 3 aliphatic heterocycles. The second kappa shape index (κ2) is 8.33. The summed E-state index contributed by atoms with van der Waals surface area (Å²) in [5, 5.41) is 4.02. The summed E-state index contributed by atoms with van der Waals surface area (Å²) in [7, 11) is 0. The molecule has 5 rings (SSSR count). The van der Waals surface area contributed by atoms with Crippen molar-refractivity contribution in [3.05, 3.63) is 78.1 Å². The van der Waals surface area contributed by atoms with Crippen LogP contribution < -0.4 is 4.74 Å². The number of pyridine rings is 1. The Balaban J connectivity index is 1.36. The van der Waals surface area contributed by atoms with Crippen LogP contribution in [0.2, 0.25) is 0 Å². The number of hydrogen-bond donors (Lipinski definition) is 0. The third kappa shape index (κ3) is 4.66. The number of fused-ring (bicyclic) bond motifs is 1. The normalized spacial score (nSPS) is 17.9. The zero-order valence-corrected chi connectivity index (χ0v) is 18.2. The Morgan fingerprint density at radius 1 is 1.00 bits per heavy atom. The topological polar surface area (TPSA) is 61.5 Å². The number of nitrogens with zero attached hydrogens (tertiary/aromatic N) is 4. The highest BCUT2D eigenvalue weighted by atomic mass is 19.4. The molecule has 0 aliphatic carbocycles. The van der Waals surface area contributed by atoms with Gasteiger partial charge in [0, 0.05) is 24.4 Å². The molecular formula is C24H17F5N4O2. The summed E-state index contributed by atoms with van der Waals surface area (Å²) in [6.07, 6.45) is -1.21. The van der Waals surface area contributed by atoms with E-state index in [0.29, 0.717) is 17.1 Å². The molecule has 0 fully saturated rings. The maximum atomic E-state index is 14.2. The van der Waals surface area contributed by atoms with Gasteiger partial charge in [-0.1, -0.05) is 23.4 Å². The van der Waals surface area contributed by atoms with Crippen molar-refractivity contribution in [2.45, 2.75) is 31.9 Å². The van der Waals surface area contributed by atoms with Crippen molar-refractivity contribution < 1.29 is 31.5 Å². The zero-order valence-electron chi connectivity index (χ0n) is 18.2. The van der Waals surface area contributed by atoms with Crippen LogP contribution in [0.4, 0.5) is 22.0 Å². The monoisotopic (exact) mass is 488 g/mol. The van der Waals surface area contributed by atoms with E-state index in [0.717, 1.165) is 6.07 Å². The van der Waals surface area contributed by atoms with Crippen molar-refractivity contribution in [1.82, 2.24) is 14.5 Å². The quantitative estimate of drug-likeness (QED) is 0.333. The van der Waals surface area contributed by atoms with Crippen LogP contribution in [0, 0.1) is 11.6 Å². The van der Waals surface area contributed by atoms with Crippen molar-refractivity contribution in [1.29, 1.82) is 0 Å². The summed E-state index contributed by atoms with van der Waals surface area (Å²) in [4.78, 5) is 14.2. The number of para-hydroxylation sites is 1. The minimum atomic E-state index is -4.83. The number of aromatic nitrogens is 3. The smallest absolute Gasteiger partial charge is 0.405 e. The van der Waals surface area contributed by atoms with E-state index in [1.807, 2.05) is 0 Å². The maximum absolute atomic E-state index is 14.2. The van der Waals surface area contributed by atoms with E-state index in [4.69, 9.17) is 4.84 Å². The SMILES string of the molecule is CC1(Cn2ccc3nc(-c4cccc(F)c4F)nc-3c2)CC(c2ccccc2OC(F)(F)F)=NO1. The van der Waals surface area contributed by atoms with Gasteiger partial charge in [0.1, 0.15) is 11.4 Å². The Hall–Kier alpha value is -4.02. The maximum Gasteiger partial charge on any atom is 0.573 e. The number of benzene rings is 2. The third-order valence-electron chi connectivity index (χ3n) is 5.48. The van der Waals surface area contributed by atoms with Gasteiger partial charge in [0.05, 0.1) is 23.5 Å². The van der Waals surface area contributed by atoms with Crippen LogP contribution >= 0.6 is 0 Å². The molecule has 180 valence electrons. The first-order chi connectivity index (χ1) is 16.6. The van der Waals surface area contributed by atoms with Gasteiger partial charge in [0.25, 0.3) is 0 Å². The molecule has 3 heterocycles. The van der Waals surface area contributed by atoms with E-state index in [2.05, 4.69) is 19.9 Å². The van der Waals surface area contributed by atoms with Gasteiger partial charge in [0.2, 0.25) is 0 Å². The van der Waals surface area contributed by atoms with Crippen LogP contribution in [0.1, 0.15) is 18.9 Å². The summed E-state index contributed by atoms with van der Waals surface area (Å²) in [5.74, 6) is -2.31. The third-order valence-corrected chi connectivity index (χ3v) is 5.48. The largest absolute Gasteiger partial charge is 0.573 e. The Morgan fingerprint density at radius 3 is 2.54 bits per heavy atom. The number of imidazole rings is 1. The van der Waals surface area contributed by atoms with Crippen LogP contribution in [-0.2, 0) is 11.4 Å². The van der Waals surface area contributed by atoms with Crippen molar-refractivity contribution in [3.63, 3.8) is 0 Å². The fraction of sp³-hybridized carbons (Fsp3) is 0.208. The molecule has 0 bridgehead atoms. The molecule has 11 heteroatoms. The average Bonchev–Trinajstić information content (AvgIpc) is 3.38. The Bertz CT molecular complexity index is 1400. The van der Waals surface area contributed by atoms with E-state index in [9.17, 15) is 22.0 Å². The molecule has 0 saturated carbocycles. The van der Waals surface area contributed by atoms with Gasteiger partial charge in [-0.25, -0.2) is 18.7 Å². The number of hydrogen-bond acceptors (Lipinski definition) is 5. The lowest BCUT2D eigenvalue weighted by molar-refractivity contribution is -0.274. The molecule has 0 spiro atoms. The van der Waals surface area contributed by atoms with Gasteiger partial charge in [-0.05, 0) is 37.3 Å². The lowest BCUT2D eigenvalue weighted by Gasteiger charge is -2.23. The fourth-order valence-corrected chi connectivity index (χ4v) is 3.97. The summed E-state index contributed by atoms with van der Waals surface area (Å²) in [6.45, 7) is 2.06. The summed E-state index contributed by atoms with van der Waals surface area (Å²) in [5.41, 5.74) is 0.557. The highest BCUT2D eigenvalue weighted by molar-refractivity contribution is 6.03. The fourth-order valence-electron chi connectivity index (χ4n) is 3.97. The van der Waals surface area contributed by atoms with Crippen molar-refractivity contribution in [2.75, 3.05) is 0 Å². The van der Waals surface area contributed by atoms with Crippen LogP contribution in [-0.4, -0.2) is 32.2 Å². The van der Waals surface area contributed by atoms with E-state index in [1.165, 1.54) is 30.3 Å². The zero-order chi connectivity index (χ0) is 24.8. The highest BCUT2D eigenvalue weighted by Crippen LogP contribution is 2.34. The van der Waals surface area contributed by atoms with Crippen LogP contribution in [0.3, 0.4) is 0 Å². The molecule has 0 N–H and O–H groups in total. The first kappa shape index (κ1) is 22.8. The molecule has 2 aromatic rings. The number of alkyl halides is 3. The Kier molecular flexibility index (Phi) is 5.42. The highest BCUT2D eigenvalue weighted by Gasteiger charge is 2.38. The van der Waals surface area contributed by atoms with Crippen molar-refractivity contribution >= 4 is 5.71 Å². The molecule has 1 atom stereocenters. The molecular weight excluding hydrogens is 471 g/mol. The van der Waals surface area contributed by atoms with Crippen molar-refractivity contribution in [2.24, 2.45) is 5.16 Å². The van der Waals surface area contributed by atoms with Gasteiger partial charge < -0.3 is 14.1 Å². The summed E-state index contributed by atoms with van der Waals surface area (Å²) < 4.78 is 72.0. The molecule has 3 aliphatic rings. The second-order valence-electron chi connectivity index (χ2n) is 8.34. The second-order valence-corrected chi connectivity index (χ2v) is 8.34. The van der Waals surface area contributed by atoms with Gasteiger partial charge in [-0.15, -0.1) is 13.2 Å². The predicted octanol–water partition coefficient (Wildman–Crippen LogP) is 5.81. The minimum absolute atomic E-state index is 0.0448. The lowest BCUT2D eigenvalue weighted by atomic mass is 9.95. The van der Waals surface area contributed by atoms with E-state index in [1.54, 1.807) is 36.0 Å². The Morgan fingerprint density at radius 2 is 1.74 bits per heavy atom. The standard InChI is InChI=1S/C24H17F5N4O2/c1-23(11-18(32-35-23)14-5-2-3-8-20(14)34-24(27,28)29)13-33-10-9-17-19(12-33)31-22(30-17)15-6-4-7-16(25)21(15)26/h2-10,12H,11,13H2,1H3. The molecule has 0 saturated heterocycles. The molecule has 1 unspecified atom stereocenters. The number of oxime groups is 1. The van der Waals surface area contributed by atoms with E-state index in [-0.39, 0.29) is 35.7 Å². The number of ether oxygens (including phenoxy) is 1. The number of halogens is 5. The first-order valence-corrected chi connectivity index (χ1v) is 10.5. The molecule has 6 nitrogen and oxygen atoms in total. The van der Waals surface area contributed by atoms with Gasteiger partial charge in [-0.3, -0.25) is 0 Å². The first-order valence-electron chi connectivity index (χ1n) is 10.5. The van der Waals surface area contributed by atoms with E-state index >= 15 is 0 Å². The molecule has 0 amide bonds. The lowest BCUT2D eigenvalue weighted by Crippen LogP contribution is -2.31. The molecule has 35 heavy (non-hydrogen) atoms. The Labute approximate surface area is 196 Å². The van der Waals surface area contributed by atoms with Gasteiger partial charge in [-0.2, -0.15) is 0 Å². The van der Waals surface area contributed by atoms with Crippen LogP contribution in [0.5, 0.6) is 5.75 Å². The van der Waals surface area contributed by atoms with Crippen LogP contribution in [0.15, 0.2) is 66.1 Å². The molecule has 0 aromatic heterocycles. The van der Waals surface area contributed by atoms with Crippen LogP contribution in [0.25, 0.3) is 22.8 Å². The average molecular weight is 488 g/mol. The summed E-state index contributed by atoms with van der Waals surface area (Å²) in [6, 6.07) is 11.2. The summed E-state index contributed by atoms with van der Waals surface area (Å²) >= 11 is 0. The predicted molar refractivity (Wildman–Crippen MR) is 116 cm³/mol. The van der Waals surface area contributed by atoms with Gasteiger partial charge >= 0.3 is 6.36 Å². The van der Waals surface area contributed by atoms with E-state index < -0.39 is 23.6 Å². The minimum Gasteiger partial charge on any atom is -0.405 e.